The van der Waals surface area contributed by atoms with Crippen LogP contribution in [0.25, 0.3) is 0 Å². The summed E-state index contributed by atoms with van der Waals surface area (Å²) in [5.41, 5.74) is 0. The second-order valence-electron chi connectivity index (χ2n) is 18.6. The van der Waals surface area contributed by atoms with Crippen LogP contribution < -0.4 is 5.32 Å². The van der Waals surface area contributed by atoms with Gasteiger partial charge in [-0.05, 0) is 57.8 Å². The van der Waals surface area contributed by atoms with Crippen molar-refractivity contribution in [2.75, 3.05) is 6.61 Å². The van der Waals surface area contributed by atoms with Gasteiger partial charge in [0.25, 0.3) is 0 Å². The Kier molecular flexibility index (Phi) is 51.8. The number of nitrogens with one attached hydrogen (secondary N) is 1. The molecule has 0 rings (SSSR count). The van der Waals surface area contributed by atoms with E-state index in [1.165, 1.54) is 212 Å². The first-order chi connectivity index (χ1) is 30.7. The van der Waals surface area contributed by atoms with E-state index >= 15 is 0 Å². The maximum absolute atomic E-state index is 12.5. The minimum Gasteiger partial charge on any atom is -0.394 e. The van der Waals surface area contributed by atoms with Crippen LogP contribution in [0.1, 0.15) is 284 Å². The molecule has 0 radical (unpaired) electrons. The van der Waals surface area contributed by atoms with E-state index in [9.17, 15) is 15.0 Å². The normalized spacial score (nSPS) is 13.3. The molecule has 1 amide bonds. The molecular weight excluding hydrogens is 759 g/mol. The molecule has 3 N–H and O–H groups in total. The number of aliphatic hydroxyl groups is 2. The van der Waals surface area contributed by atoms with E-state index in [0.717, 1.165) is 51.4 Å². The number of carbonyl (C=O) groups is 1. The molecule has 0 fully saturated rings. The van der Waals surface area contributed by atoms with Crippen molar-refractivity contribution >= 4 is 5.91 Å². The topological polar surface area (TPSA) is 69.6 Å². The van der Waals surface area contributed by atoms with Crippen molar-refractivity contribution in [1.29, 1.82) is 0 Å². The highest BCUT2D eigenvalue weighted by atomic mass is 16.3. The van der Waals surface area contributed by atoms with Gasteiger partial charge in [-0.2, -0.15) is 0 Å². The van der Waals surface area contributed by atoms with Crippen molar-refractivity contribution in [3.63, 3.8) is 0 Å². The summed E-state index contributed by atoms with van der Waals surface area (Å²) < 4.78 is 0. The Bertz CT molecular complexity index is 1030. The highest BCUT2D eigenvalue weighted by Crippen LogP contribution is 2.17. The van der Waals surface area contributed by atoms with Crippen LogP contribution in [0.5, 0.6) is 0 Å². The first kappa shape index (κ1) is 60.1. The average Bonchev–Trinajstić information content (AvgIpc) is 3.28. The van der Waals surface area contributed by atoms with Crippen molar-refractivity contribution in [1.82, 2.24) is 5.32 Å². The molecule has 362 valence electrons. The molecule has 0 heterocycles. The van der Waals surface area contributed by atoms with Gasteiger partial charge in [0.2, 0.25) is 5.91 Å². The summed E-state index contributed by atoms with van der Waals surface area (Å²) in [5.74, 6) is -0.0612. The number of hydrogen-bond donors (Lipinski definition) is 3. The molecule has 0 aromatic heterocycles. The Balaban J connectivity index is 3.48. The lowest BCUT2D eigenvalue weighted by atomic mass is 10.0. The highest BCUT2D eigenvalue weighted by molar-refractivity contribution is 5.76. The van der Waals surface area contributed by atoms with Crippen LogP contribution in [0.4, 0.5) is 0 Å². The highest BCUT2D eigenvalue weighted by Gasteiger charge is 2.18. The molecule has 0 aromatic carbocycles. The summed E-state index contributed by atoms with van der Waals surface area (Å²) in [7, 11) is 0. The zero-order valence-corrected chi connectivity index (χ0v) is 41.6. The molecule has 0 aliphatic heterocycles. The lowest BCUT2D eigenvalue weighted by molar-refractivity contribution is -0.123. The molecule has 0 spiro atoms. The second kappa shape index (κ2) is 53.4. The van der Waals surface area contributed by atoms with E-state index in [-0.39, 0.29) is 12.5 Å². The lowest BCUT2D eigenvalue weighted by Crippen LogP contribution is -2.45. The predicted octanol–water partition coefficient (Wildman–Crippen LogP) is 18.0. The number of hydrogen-bond acceptors (Lipinski definition) is 3. The van der Waals surface area contributed by atoms with E-state index in [0.29, 0.717) is 6.42 Å². The number of rotatable bonds is 50. The standard InChI is InChI=1S/C58H107NO3/c1-3-5-7-9-11-13-15-17-19-21-23-24-25-26-27-28-29-30-31-32-33-34-36-38-40-42-44-46-48-50-52-54-58(62)59-56(55-60)57(61)53-51-49-47-45-43-41-39-37-35-22-20-18-16-14-12-10-8-6-4-2/h5,7,11,13,17,19,23-24,51,53,56-57,60-61H,3-4,6,8-10,12,14-16,18,20-22,25-50,52,54-55H2,1-2H3,(H,59,62)/b7-5-,13-11-,19-17-,24-23-,53-51+. The summed E-state index contributed by atoms with van der Waals surface area (Å²) in [6.45, 7) is 4.22. The maximum Gasteiger partial charge on any atom is 0.220 e. The minimum absolute atomic E-state index is 0.0612. The molecule has 0 aromatic rings. The summed E-state index contributed by atoms with van der Waals surface area (Å²) >= 11 is 0. The first-order valence-corrected chi connectivity index (χ1v) is 27.5. The summed E-state index contributed by atoms with van der Waals surface area (Å²) in [6.07, 6.45) is 75.2. The molecule has 0 aliphatic carbocycles. The maximum atomic E-state index is 12.5. The van der Waals surface area contributed by atoms with Crippen molar-refractivity contribution in [2.45, 2.75) is 296 Å². The molecule has 0 aliphatic rings. The average molecular weight is 866 g/mol. The molecule has 0 saturated carbocycles. The zero-order chi connectivity index (χ0) is 44.9. The predicted molar refractivity (Wildman–Crippen MR) is 276 cm³/mol. The van der Waals surface area contributed by atoms with Gasteiger partial charge in [0.05, 0.1) is 18.8 Å². The van der Waals surface area contributed by atoms with Gasteiger partial charge < -0.3 is 15.5 Å². The molecule has 4 heteroatoms. The van der Waals surface area contributed by atoms with Gasteiger partial charge in [0.15, 0.2) is 0 Å². The van der Waals surface area contributed by atoms with Crippen LogP contribution >= 0.6 is 0 Å². The Labute approximate surface area is 387 Å². The molecule has 2 unspecified atom stereocenters. The minimum atomic E-state index is -0.840. The molecule has 4 nitrogen and oxygen atoms in total. The van der Waals surface area contributed by atoms with Crippen molar-refractivity contribution < 1.29 is 15.0 Å². The molecular formula is C58H107NO3. The van der Waals surface area contributed by atoms with Crippen molar-refractivity contribution in [2.24, 2.45) is 0 Å². The van der Waals surface area contributed by atoms with Crippen molar-refractivity contribution in [3.05, 3.63) is 60.8 Å². The van der Waals surface area contributed by atoms with E-state index < -0.39 is 12.1 Å². The first-order valence-electron chi connectivity index (χ1n) is 27.5. The van der Waals surface area contributed by atoms with E-state index in [1.807, 2.05) is 6.08 Å². The lowest BCUT2D eigenvalue weighted by Gasteiger charge is -2.20. The van der Waals surface area contributed by atoms with Gasteiger partial charge in [0.1, 0.15) is 0 Å². The van der Waals surface area contributed by atoms with Crippen molar-refractivity contribution in [3.8, 4) is 0 Å². The Morgan fingerprint density at radius 2 is 0.710 bits per heavy atom. The Morgan fingerprint density at radius 1 is 0.403 bits per heavy atom. The van der Waals surface area contributed by atoms with Gasteiger partial charge in [0, 0.05) is 6.42 Å². The SMILES string of the molecule is CC/C=C\C/C=C\C/C=C\C/C=C\CCCCCCCCCCCCCCCCCCCCC(=O)NC(CO)C(O)/C=C/CCCCCCCCCCCCCCCCCCC. The quantitative estimate of drug-likeness (QED) is 0.0421. The van der Waals surface area contributed by atoms with Gasteiger partial charge in [-0.3, -0.25) is 4.79 Å². The fourth-order valence-corrected chi connectivity index (χ4v) is 8.35. The fourth-order valence-electron chi connectivity index (χ4n) is 8.35. The molecule has 0 saturated heterocycles. The number of aliphatic hydroxyl groups excluding tert-OH is 2. The smallest absolute Gasteiger partial charge is 0.220 e. The summed E-state index contributed by atoms with van der Waals surface area (Å²) in [4.78, 5) is 12.5. The Hall–Kier alpha value is -1.91. The van der Waals surface area contributed by atoms with Crippen LogP contribution in [-0.2, 0) is 4.79 Å². The summed E-state index contributed by atoms with van der Waals surface area (Å²) in [6, 6.07) is -0.623. The second-order valence-corrected chi connectivity index (χ2v) is 18.6. The molecule has 2 atom stereocenters. The number of unbranched alkanes of at least 4 members (excludes halogenated alkanes) is 35. The number of carbonyl (C=O) groups excluding carboxylic acids is 1. The van der Waals surface area contributed by atoms with Crippen LogP contribution in [0.3, 0.4) is 0 Å². The fraction of sp³-hybridized carbons (Fsp3) is 0.810. The van der Waals surface area contributed by atoms with E-state index in [4.69, 9.17) is 0 Å². The van der Waals surface area contributed by atoms with E-state index in [1.54, 1.807) is 6.08 Å². The van der Waals surface area contributed by atoms with Crippen LogP contribution in [0, 0.1) is 0 Å². The Morgan fingerprint density at radius 3 is 1.06 bits per heavy atom. The zero-order valence-electron chi connectivity index (χ0n) is 41.6. The van der Waals surface area contributed by atoms with E-state index in [2.05, 4.69) is 67.8 Å². The molecule has 62 heavy (non-hydrogen) atoms. The monoisotopic (exact) mass is 866 g/mol. The van der Waals surface area contributed by atoms with Crippen LogP contribution in [0.15, 0.2) is 60.8 Å². The third-order valence-corrected chi connectivity index (χ3v) is 12.5. The van der Waals surface area contributed by atoms with Gasteiger partial charge in [-0.1, -0.05) is 280 Å². The third kappa shape index (κ3) is 49.1. The third-order valence-electron chi connectivity index (χ3n) is 12.5. The van der Waals surface area contributed by atoms with Crippen LogP contribution in [0.2, 0.25) is 0 Å². The van der Waals surface area contributed by atoms with Gasteiger partial charge >= 0.3 is 0 Å². The number of amides is 1. The van der Waals surface area contributed by atoms with Gasteiger partial charge in [-0.15, -0.1) is 0 Å². The van der Waals surface area contributed by atoms with Gasteiger partial charge in [-0.25, -0.2) is 0 Å². The van der Waals surface area contributed by atoms with Crippen LogP contribution in [-0.4, -0.2) is 34.9 Å². The number of allylic oxidation sites excluding steroid dienone is 9. The largest absolute Gasteiger partial charge is 0.394 e. The summed E-state index contributed by atoms with van der Waals surface area (Å²) in [5, 5.41) is 23.2. The molecule has 0 bridgehead atoms.